The molecule has 2 nitrogen and oxygen atoms in total. The van der Waals surface area contributed by atoms with Crippen molar-refractivity contribution in [1.29, 1.82) is 0 Å². The van der Waals surface area contributed by atoms with E-state index in [9.17, 15) is 5.11 Å². The minimum absolute atomic E-state index is 0.602. The highest BCUT2D eigenvalue weighted by molar-refractivity contribution is 5.48. The van der Waals surface area contributed by atoms with Crippen LogP contribution in [0.5, 0.6) is 5.75 Å². The maximum atomic E-state index is 10.3. The average Bonchev–Trinajstić information content (AvgIpc) is 3.13. The second-order valence-electron chi connectivity index (χ2n) is 5.74. The van der Waals surface area contributed by atoms with Crippen molar-refractivity contribution in [2.45, 2.75) is 45.1 Å². The summed E-state index contributed by atoms with van der Waals surface area (Å²) in [6.45, 7) is 4.96. The van der Waals surface area contributed by atoms with E-state index >= 15 is 0 Å². The summed E-state index contributed by atoms with van der Waals surface area (Å²) in [4.78, 5) is 0. The van der Waals surface area contributed by atoms with Crippen LogP contribution in [0.25, 0.3) is 0 Å². The average molecular weight is 232 g/mol. The summed E-state index contributed by atoms with van der Waals surface area (Å²) in [5.41, 5.74) is 2.77. The van der Waals surface area contributed by atoms with Crippen LogP contribution in [-0.2, 0) is 5.60 Å². The Morgan fingerprint density at radius 2 is 2.00 bits per heavy atom. The van der Waals surface area contributed by atoms with Crippen molar-refractivity contribution in [3.8, 4) is 5.75 Å². The fourth-order valence-electron chi connectivity index (χ4n) is 2.37. The molecule has 0 heterocycles. The molecule has 2 aliphatic carbocycles. The summed E-state index contributed by atoms with van der Waals surface area (Å²) in [5.74, 6) is 1.68. The lowest BCUT2D eigenvalue weighted by Crippen LogP contribution is -2.11. The molecular formula is C15H20O2. The zero-order valence-electron chi connectivity index (χ0n) is 10.6. The fourth-order valence-corrected chi connectivity index (χ4v) is 2.37. The van der Waals surface area contributed by atoms with Gasteiger partial charge in [-0.1, -0.05) is 11.6 Å². The van der Waals surface area contributed by atoms with Gasteiger partial charge in [0.15, 0.2) is 0 Å². The van der Waals surface area contributed by atoms with Crippen molar-refractivity contribution in [3.63, 3.8) is 0 Å². The summed E-state index contributed by atoms with van der Waals surface area (Å²) >= 11 is 0. The van der Waals surface area contributed by atoms with Gasteiger partial charge in [0.1, 0.15) is 5.75 Å². The van der Waals surface area contributed by atoms with Crippen LogP contribution < -0.4 is 4.74 Å². The van der Waals surface area contributed by atoms with Crippen LogP contribution in [0.3, 0.4) is 0 Å². The van der Waals surface area contributed by atoms with Crippen LogP contribution in [0.4, 0.5) is 0 Å². The molecule has 2 fully saturated rings. The third-order valence-corrected chi connectivity index (χ3v) is 3.80. The summed E-state index contributed by atoms with van der Waals surface area (Å²) in [5, 5.41) is 10.3. The number of aliphatic hydroxyl groups is 1. The summed E-state index contributed by atoms with van der Waals surface area (Å²) in [6.07, 6.45) is 4.33. The Morgan fingerprint density at radius 1 is 1.29 bits per heavy atom. The number of rotatable bonds is 4. The van der Waals surface area contributed by atoms with Crippen LogP contribution >= 0.6 is 0 Å². The minimum Gasteiger partial charge on any atom is -0.493 e. The molecule has 2 heteroatoms. The lowest BCUT2D eigenvalue weighted by Gasteiger charge is -2.18. The normalized spacial score (nSPS) is 21.4. The van der Waals surface area contributed by atoms with Gasteiger partial charge in [0, 0.05) is 5.56 Å². The number of benzene rings is 1. The molecule has 1 N–H and O–H groups in total. The van der Waals surface area contributed by atoms with Crippen LogP contribution in [0.15, 0.2) is 12.1 Å². The van der Waals surface area contributed by atoms with E-state index in [0.29, 0.717) is 0 Å². The van der Waals surface area contributed by atoms with Crippen molar-refractivity contribution < 1.29 is 9.84 Å². The zero-order valence-corrected chi connectivity index (χ0v) is 10.6. The SMILES string of the molecule is Cc1cc(C)c(OCC2CC2)c(C2(O)CC2)c1. The van der Waals surface area contributed by atoms with E-state index in [0.717, 1.165) is 42.2 Å². The Morgan fingerprint density at radius 3 is 2.59 bits per heavy atom. The molecule has 92 valence electrons. The van der Waals surface area contributed by atoms with Crippen LogP contribution in [0, 0.1) is 19.8 Å². The molecule has 0 radical (unpaired) electrons. The predicted octanol–water partition coefficient (Wildman–Crippen LogP) is 3.07. The lowest BCUT2D eigenvalue weighted by molar-refractivity contribution is 0.144. The van der Waals surface area contributed by atoms with Crippen LogP contribution in [0.2, 0.25) is 0 Å². The van der Waals surface area contributed by atoms with Crippen LogP contribution in [0.1, 0.15) is 42.4 Å². The number of hydrogen-bond donors (Lipinski definition) is 1. The molecule has 1 aromatic carbocycles. The molecule has 0 spiro atoms. The summed E-state index contributed by atoms with van der Waals surface area (Å²) in [7, 11) is 0. The third kappa shape index (κ3) is 2.19. The standard InChI is InChI=1S/C15H20O2/c1-10-7-11(2)14(17-9-12-3-4-12)13(8-10)15(16)5-6-15/h7-8,12,16H,3-6,9H2,1-2H3. The van der Waals surface area contributed by atoms with Crippen molar-refractivity contribution in [3.05, 3.63) is 28.8 Å². The molecular weight excluding hydrogens is 212 g/mol. The Bertz CT molecular complexity index is 442. The number of aryl methyl sites for hydroxylation is 2. The molecule has 3 rings (SSSR count). The van der Waals surface area contributed by atoms with Gasteiger partial charge in [-0.15, -0.1) is 0 Å². The van der Waals surface area contributed by atoms with Gasteiger partial charge < -0.3 is 9.84 Å². The Labute approximate surface area is 103 Å². The fraction of sp³-hybridized carbons (Fsp3) is 0.600. The summed E-state index contributed by atoms with van der Waals surface area (Å²) < 4.78 is 5.95. The van der Waals surface area contributed by atoms with E-state index in [1.54, 1.807) is 0 Å². The van der Waals surface area contributed by atoms with E-state index in [2.05, 4.69) is 26.0 Å². The van der Waals surface area contributed by atoms with Crippen LogP contribution in [-0.4, -0.2) is 11.7 Å². The highest BCUT2D eigenvalue weighted by Crippen LogP contribution is 2.50. The predicted molar refractivity (Wildman–Crippen MR) is 67.3 cm³/mol. The van der Waals surface area contributed by atoms with Gasteiger partial charge >= 0.3 is 0 Å². The Hall–Kier alpha value is -1.02. The molecule has 2 saturated carbocycles. The first kappa shape index (κ1) is 11.1. The van der Waals surface area contributed by atoms with Crippen molar-refractivity contribution in [2.75, 3.05) is 6.61 Å². The van der Waals surface area contributed by atoms with Crippen molar-refractivity contribution in [2.24, 2.45) is 5.92 Å². The highest BCUT2D eigenvalue weighted by Gasteiger charge is 2.44. The quantitative estimate of drug-likeness (QED) is 0.864. The monoisotopic (exact) mass is 232 g/mol. The van der Waals surface area contributed by atoms with E-state index in [1.165, 1.54) is 18.4 Å². The second-order valence-corrected chi connectivity index (χ2v) is 5.74. The third-order valence-electron chi connectivity index (χ3n) is 3.80. The van der Waals surface area contributed by atoms with E-state index in [4.69, 9.17) is 4.74 Å². The summed E-state index contributed by atoms with van der Waals surface area (Å²) in [6, 6.07) is 4.22. The second kappa shape index (κ2) is 3.74. The van der Waals surface area contributed by atoms with Gasteiger partial charge in [0.2, 0.25) is 0 Å². The Kier molecular flexibility index (Phi) is 2.44. The largest absolute Gasteiger partial charge is 0.493 e. The minimum atomic E-state index is -0.602. The number of ether oxygens (including phenoxy) is 1. The molecule has 0 unspecified atom stereocenters. The van der Waals surface area contributed by atoms with Gasteiger partial charge in [-0.2, -0.15) is 0 Å². The molecule has 0 aliphatic heterocycles. The van der Waals surface area contributed by atoms with E-state index in [-0.39, 0.29) is 0 Å². The van der Waals surface area contributed by atoms with Gasteiger partial charge in [0.25, 0.3) is 0 Å². The van der Waals surface area contributed by atoms with Crippen molar-refractivity contribution in [1.82, 2.24) is 0 Å². The van der Waals surface area contributed by atoms with Gasteiger partial charge in [-0.05, 0) is 57.1 Å². The number of hydrogen-bond acceptors (Lipinski definition) is 2. The van der Waals surface area contributed by atoms with Gasteiger partial charge in [-0.25, -0.2) is 0 Å². The maximum Gasteiger partial charge on any atom is 0.128 e. The van der Waals surface area contributed by atoms with Crippen molar-refractivity contribution >= 4 is 0 Å². The first-order valence-electron chi connectivity index (χ1n) is 6.55. The molecule has 0 aromatic heterocycles. The molecule has 0 bridgehead atoms. The smallest absolute Gasteiger partial charge is 0.128 e. The highest BCUT2D eigenvalue weighted by atomic mass is 16.5. The molecule has 2 aliphatic rings. The molecule has 17 heavy (non-hydrogen) atoms. The zero-order chi connectivity index (χ0) is 12.0. The Balaban J connectivity index is 1.92. The maximum absolute atomic E-state index is 10.3. The van der Waals surface area contributed by atoms with E-state index in [1.807, 2.05) is 0 Å². The lowest BCUT2D eigenvalue weighted by atomic mass is 10.00. The molecule has 0 atom stereocenters. The van der Waals surface area contributed by atoms with E-state index < -0.39 is 5.60 Å². The topological polar surface area (TPSA) is 29.5 Å². The molecule has 0 amide bonds. The molecule has 1 aromatic rings. The van der Waals surface area contributed by atoms with Gasteiger partial charge in [-0.3, -0.25) is 0 Å². The van der Waals surface area contributed by atoms with Gasteiger partial charge in [0.05, 0.1) is 12.2 Å². The first-order valence-corrected chi connectivity index (χ1v) is 6.55. The first-order chi connectivity index (χ1) is 8.08. The molecule has 0 saturated heterocycles.